The molecule has 1 aromatic carbocycles. The zero-order chi connectivity index (χ0) is 16.9. The Balaban J connectivity index is 1.44. The number of carbonyl (C=O) groups is 1. The van der Waals surface area contributed by atoms with Crippen LogP contribution in [0.1, 0.15) is 23.2 Å². The lowest BCUT2D eigenvalue weighted by Gasteiger charge is -2.08. The van der Waals surface area contributed by atoms with Gasteiger partial charge in [0.2, 0.25) is 0 Å². The summed E-state index contributed by atoms with van der Waals surface area (Å²) in [6.07, 6.45) is 5.53. The zero-order valence-corrected chi connectivity index (χ0v) is 13.9. The van der Waals surface area contributed by atoms with Gasteiger partial charge in [-0.3, -0.25) is 0 Å². The summed E-state index contributed by atoms with van der Waals surface area (Å²) in [7, 11) is 0. The molecule has 24 heavy (non-hydrogen) atoms. The third kappa shape index (κ3) is 4.10. The Hall–Kier alpha value is -2.89. The molecule has 0 unspecified atom stereocenters. The van der Waals surface area contributed by atoms with Crippen LogP contribution in [0.2, 0.25) is 0 Å². The predicted octanol–water partition coefficient (Wildman–Crippen LogP) is 3.10. The second kappa shape index (κ2) is 7.12. The van der Waals surface area contributed by atoms with Gasteiger partial charge >= 0.3 is 6.03 Å². The lowest BCUT2D eigenvalue weighted by Crippen LogP contribution is -2.29. The SMILES string of the molecule is Cc1cccc(NC(=O)NCCCc2cnc3cc(C)nn3c2)c1. The van der Waals surface area contributed by atoms with Crippen LogP contribution < -0.4 is 10.6 Å². The summed E-state index contributed by atoms with van der Waals surface area (Å²) in [4.78, 5) is 16.2. The van der Waals surface area contributed by atoms with Gasteiger partial charge in [-0.2, -0.15) is 5.10 Å². The van der Waals surface area contributed by atoms with Crippen LogP contribution in [-0.2, 0) is 6.42 Å². The van der Waals surface area contributed by atoms with Crippen molar-refractivity contribution in [1.29, 1.82) is 0 Å². The summed E-state index contributed by atoms with van der Waals surface area (Å²) >= 11 is 0. The molecule has 2 heterocycles. The number of benzene rings is 1. The summed E-state index contributed by atoms with van der Waals surface area (Å²) in [5.41, 5.74) is 4.83. The molecular weight excluding hydrogens is 302 g/mol. The first kappa shape index (κ1) is 16.0. The second-order valence-corrected chi connectivity index (χ2v) is 5.90. The number of urea groups is 1. The maximum atomic E-state index is 11.9. The molecule has 0 aliphatic heterocycles. The van der Waals surface area contributed by atoms with Crippen LogP contribution in [0.4, 0.5) is 10.5 Å². The molecule has 0 fully saturated rings. The van der Waals surface area contributed by atoms with Gasteiger partial charge in [0.05, 0.1) is 5.69 Å². The summed E-state index contributed by atoms with van der Waals surface area (Å²) < 4.78 is 1.79. The third-order valence-corrected chi connectivity index (χ3v) is 3.69. The van der Waals surface area contributed by atoms with E-state index < -0.39 is 0 Å². The minimum Gasteiger partial charge on any atom is -0.338 e. The smallest absolute Gasteiger partial charge is 0.319 e. The number of aromatic nitrogens is 3. The lowest BCUT2D eigenvalue weighted by atomic mass is 10.2. The third-order valence-electron chi connectivity index (χ3n) is 3.69. The molecule has 0 saturated heterocycles. The Bertz CT molecular complexity index is 855. The topological polar surface area (TPSA) is 71.3 Å². The first-order valence-electron chi connectivity index (χ1n) is 8.02. The molecule has 0 aliphatic rings. The van der Waals surface area contributed by atoms with E-state index in [1.165, 1.54) is 0 Å². The number of fused-ring (bicyclic) bond motifs is 1. The number of hydrogen-bond acceptors (Lipinski definition) is 3. The van der Waals surface area contributed by atoms with Crippen molar-refractivity contribution in [3.8, 4) is 0 Å². The van der Waals surface area contributed by atoms with Gasteiger partial charge < -0.3 is 10.6 Å². The van der Waals surface area contributed by atoms with E-state index in [9.17, 15) is 4.79 Å². The van der Waals surface area contributed by atoms with Crippen molar-refractivity contribution in [3.05, 3.63) is 59.5 Å². The van der Waals surface area contributed by atoms with Crippen molar-refractivity contribution in [2.24, 2.45) is 0 Å². The van der Waals surface area contributed by atoms with E-state index >= 15 is 0 Å². The average molecular weight is 323 g/mol. The zero-order valence-electron chi connectivity index (χ0n) is 13.9. The van der Waals surface area contributed by atoms with E-state index in [1.807, 2.05) is 56.6 Å². The summed E-state index contributed by atoms with van der Waals surface area (Å²) in [5.74, 6) is 0. The summed E-state index contributed by atoms with van der Waals surface area (Å²) in [6, 6.07) is 9.49. The molecule has 0 radical (unpaired) electrons. The molecule has 3 rings (SSSR count). The van der Waals surface area contributed by atoms with E-state index in [2.05, 4.69) is 20.7 Å². The predicted molar refractivity (Wildman–Crippen MR) is 94.2 cm³/mol. The molecular formula is C18H21N5O. The number of rotatable bonds is 5. The maximum absolute atomic E-state index is 11.9. The highest BCUT2D eigenvalue weighted by Crippen LogP contribution is 2.09. The molecule has 0 spiro atoms. The standard InChI is InChI=1S/C18H21N5O/c1-13-5-3-7-16(9-13)21-18(24)19-8-4-6-15-11-20-17-10-14(2)22-23(17)12-15/h3,5,7,9-12H,4,6,8H2,1-2H3,(H2,19,21,24). The van der Waals surface area contributed by atoms with Gasteiger partial charge in [-0.1, -0.05) is 12.1 Å². The Labute approximate surface area is 140 Å². The second-order valence-electron chi connectivity index (χ2n) is 5.90. The van der Waals surface area contributed by atoms with Gasteiger partial charge in [-0.15, -0.1) is 0 Å². The van der Waals surface area contributed by atoms with Crippen LogP contribution in [0, 0.1) is 13.8 Å². The highest BCUT2D eigenvalue weighted by molar-refractivity contribution is 5.89. The Morgan fingerprint density at radius 1 is 1.25 bits per heavy atom. The van der Waals surface area contributed by atoms with Gasteiger partial charge in [-0.25, -0.2) is 14.3 Å². The fraction of sp³-hybridized carbons (Fsp3) is 0.278. The van der Waals surface area contributed by atoms with Gasteiger partial charge in [0.25, 0.3) is 0 Å². The van der Waals surface area contributed by atoms with Crippen LogP contribution in [0.15, 0.2) is 42.7 Å². The summed E-state index contributed by atoms with van der Waals surface area (Å²) in [5, 5.41) is 10.1. The first-order valence-corrected chi connectivity index (χ1v) is 8.02. The molecule has 6 heteroatoms. The van der Waals surface area contributed by atoms with Crippen molar-refractivity contribution in [3.63, 3.8) is 0 Å². The number of nitrogens with zero attached hydrogens (tertiary/aromatic N) is 3. The van der Waals surface area contributed by atoms with Crippen LogP contribution in [0.5, 0.6) is 0 Å². The number of aryl methyl sites for hydroxylation is 3. The number of anilines is 1. The van der Waals surface area contributed by atoms with Crippen LogP contribution in [0.3, 0.4) is 0 Å². The number of carbonyl (C=O) groups excluding carboxylic acids is 1. The molecule has 2 aromatic heterocycles. The molecule has 6 nitrogen and oxygen atoms in total. The lowest BCUT2D eigenvalue weighted by molar-refractivity contribution is 0.252. The molecule has 0 atom stereocenters. The maximum Gasteiger partial charge on any atom is 0.319 e. The van der Waals surface area contributed by atoms with Crippen molar-refractivity contribution < 1.29 is 4.79 Å². The van der Waals surface area contributed by atoms with Gasteiger partial charge in [0.1, 0.15) is 0 Å². The van der Waals surface area contributed by atoms with Gasteiger partial charge in [0, 0.05) is 30.7 Å². The number of nitrogens with one attached hydrogen (secondary N) is 2. The van der Waals surface area contributed by atoms with E-state index in [4.69, 9.17) is 0 Å². The van der Waals surface area contributed by atoms with E-state index in [-0.39, 0.29) is 6.03 Å². The molecule has 0 aliphatic carbocycles. The van der Waals surface area contributed by atoms with E-state index in [1.54, 1.807) is 4.52 Å². The van der Waals surface area contributed by atoms with Crippen molar-refractivity contribution in [2.45, 2.75) is 26.7 Å². The number of amides is 2. The highest BCUT2D eigenvalue weighted by atomic mass is 16.2. The van der Waals surface area contributed by atoms with Crippen molar-refractivity contribution >= 4 is 17.4 Å². The minimum atomic E-state index is -0.183. The molecule has 2 N–H and O–H groups in total. The Morgan fingerprint density at radius 3 is 2.96 bits per heavy atom. The van der Waals surface area contributed by atoms with Gasteiger partial charge in [-0.05, 0) is 49.9 Å². The van der Waals surface area contributed by atoms with Crippen molar-refractivity contribution in [1.82, 2.24) is 19.9 Å². The van der Waals surface area contributed by atoms with Crippen LogP contribution in [-0.4, -0.2) is 27.2 Å². The Kier molecular flexibility index (Phi) is 4.74. The minimum absolute atomic E-state index is 0.183. The molecule has 3 aromatic rings. The van der Waals surface area contributed by atoms with Crippen LogP contribution in [0.25, 0.3) is 5.65 Å². The fourth-order valence-electron chi connectivity index (χ4n) is 2.56. The fourth-order valence-corrected chi connectivity index (χ4v) is 2.56. The van der Waals surface area contributed by atoms with Gasteiger partial charge in [0.15, 0.2) is 5.65 Å². The normalized spacial score (nSPS) is 10.8. The van der Waals surface area contributed by atoms with E-state index in [0.29, 0.717) is 6.54 Å². The molecule has 0 saturated carbocycles. The molecule has 2 amide bonds. The Morgan fingerprint density at radius 2 is 2.12 bits per heavy atom. The summed E-state index contributed by atoms with van der Waals surface area (Å²) in [6.45, 7) is 4.55. The molecule has 0 bridgehead atoms. The van der Waals surface area contributed by atoms with Crippen molar-refractivity contribution in [2.75, 3.05) is 11.9 Å². The number of hydrogen-bond donors (Lipinski definition) is 2. The quantitative estimate of drug-likeness (QED) is 0.709. The first-order chi connectivity index (χ1) is 11.6. The monoisotopic (exact) mass is 323 g/mol. The molecule has 124 valence electrons. The van der Waals surface area contributed by atoms with E-state index in [0.717, 1.165) is 41.0 Å². The van der Waals surface area contributed by atoms with Crippen LogP contribution >= 0.6 is 0 Å². The average Bonchev–Trinajstić information content (AvgIpc) is 2.91. The largest absolute Gasteiger partial charge is 0.338 e. The highest BCUT2D eigenvalue weighted by Gasteiger charge is 2.03.